The van der Waals surface area contributed by atoms with Gasteiger partial charge >= 0.3 is 0 Å². The van der Waals surface area contributed by atoms with Crippen LogP contribution in [0.15, 0.2) is 18.5 Å². The Morgan fingerprint density at radius 3 is 3.04 bits per heavy atom. The molecule has 2 fully saturated rings. The first-order valence-electron chi connectivity index (χ1n) is 9.19. The topological polar surface area (TPSA) is 88.1 Å². The van der Waals surface area contributed by atoms with Crippen LogP contribution in [-0.2, 0) is 16.1 Å². The molecule has 3 aromatic rings. The molecule has 0 atom stereocenters. The molecule has 1 amide bonds. The Hall–Kier alpha value is -2.45. The van der Waals surface area contributed by atoms with Gasteiger partial charge in [0.1, 0.15) is 17.0 Å². The second-order valence-electron chi connectivity index (χ2n) is 7.03. The van der Waals surface area contributed by atoms with E-state index >= 15 is 0 Å². The molecule has 136 valence electrons. The van der Waals surface area contributed by atoms with E-state index in [0.717, 1.165) is 60.5 Å². The van der Waals surface area contributed by atoms with Crippen LogP contribution in [0.2, 0.25) is 0 Å². The first kappa shape index (κ1) is 15.8. The number of nitrogens with one attached hydrogen (secondary N) is 2. The molecule has 3 aromatic heterocycles. The van der Waals surface area contributed by atoms with E-state index in [-0.39, 0.29) is 5.91 Å². The molecule has 0 aromatic carbocycles. The molecule has 0 unspecified atom stereocenters. The van der Waals surface area contributed by atoms with Crippen molar-refractivity contribution in [2.24, 2.45) is 0 Å². The summed E-state index contributed by atoms with van der Waals surface area (Å²) in [6.07, 6.45) is 5.73. The highest BCUT2D eigenvalue weighted by atomic mass is 16.5. The summed E-state index contributed by atoms with van der Waals surface area (Å²) < 4.78 is 7.95. The molecule has 0 bridgehead atoms. The number of H-pyrrole nitrogens is 1. The number of fused-ring (bicyclic) bond motifs is 3. The summed E-state index contributed by atoms with van der Waals surface area (Å²) in [6.45, 7) is 4.19. The van der Waals surface area contributed by atoms with E-state index in [4.69, 9.17) is 9.72 Å². The molecule has 0 spiro atoms. The molecular weight excluding hydrogens is 332 g/mol. The van der Waals surface area contributed by atoms with Crippen molar-refractivity contribution in [3.05, 3.63) is 24.3 Å². The molecule has 2 N–H and O–H groups in total. The van der Waals surface area contributed by atoms with Crippen molar-refractivity contribution in [1.29, 1.82) is 0 Å². The zero-order chi connectivity index (χ0) is 17.5. The molecule has 2 saturated heterocycles. The molecule has 0 saturated carbocycles. The lowest BCUT2D eigenvalue weighted by Crippen LogP contribution is -2.47. The molecule has 8 nitrogen and oxygen atoms in total. The van der Waals surface area contributed by atoms with E-state index in [1.165, 1.54) is 0 Å². The van der Waals surface area contributed by atoms with Crippen LogP contribution in [-0.4, -0.2) is 63.2 Å². The van der Waals surface area contributed by atoms with Crippen LogP contribution in [0.3, 0.4) is 0 Å². The van der Waals surface area contributed by atoms with E-state index in [9.17, 15) is 4.79 Å². The fourth-order valence-corrected chi connectivity index (χ4v) is 4.11. The van der Waals surface area contributed by atoms with Gasteiger partial charge in [0.2, 0.25) is 5.91 Å². The molecule has 2 aliphatic heterocycles. The minimum absolute atomic E-state index is 0.0830. The summed E-state index contributed by atoms with van der Waals surface area (Å²) in [4.78, 5) is 26.5. The van der Waals surface area contributed by atoms with Crippen LogP contribution in [0.4, 0.5) is 0 Å². The summed E-state index contributed by atoms with van der Waals surface area (Å²) in [7, 11) is 0. The maximum absolute atomic E-state index is 11.8. The predicted molar refractivity (Wildman–Crippen MR) is 96.8 cm³/mol. The van der Waals surface area contributed by atoms with Gasteiger partial charge in [0.15, 0.2) is 0 Å². The van der Waals surface area contributed by atoms with Gasteiger partial charge < -0.3 is 19.6 Å². The zero-order valence-corrected chi connectivity index (χ0v) is 14.6. The van der Waals surface area contributed by atoms with Crippen molar-refractivity contribution < 1.29 is 9.53 Å². The highest BCUT2D eigenvalue weighted by Crippen LogP contribution is 2.32. The number of aromatic amines is 1. The third-order valence-corrected chi connectivity index (χ3v) is 5.35. The normalized spacial score (nSPS) is 20.1. The van der Waals surface area contributed by atoms with Crippen LogP contribution in [0.25, 0.3) is 22.1 Å². The lowest BCUT2D eigenvalue weighted by atomic mass is 10.1. The van der Waals surface area contributed by atoms with Crippen LogP contribution >= 0.6 is 0 Å². The van der Waals surface area contributed by atoms with Crippen molar-refractivity contribution in [3.63, 3.8) is 0 Å². The third-order valence-electron chi connectivity index (χ3n) is 5.35. The van der Waals surface area contributed by atoms with Gasteiger partial charge in [-0.05, 0) is 18.9 Å². The first-order chi connectivity index (χ1) is 12.8. The maximum atomic E-state index is 11.8. The Bertz CT molecular complexity index is 955. The number of hydrogen-bond donors (Lipinski definition) is 2. The number of hydrogen-bond acceptors (Lipinski definition) is 5. The molecule has 5 rings (SSSR count). The van der Waals surface area contributed by atoms with E-state index in [2.05, 4.69) is 30.8 Å². The van der Waals surface area contributed by atoms with Gasteiger partial charge in [0, 0.05) is 43.9 Å². The second-order valence-corrected chi connectivity index (χ2v) is 7.03. The summed E-state index contributed by atoms with van der Waals surface area (Å²) in [5.74, 6) is 1.09. The number of rotatable bonds is 3. The van der Waals surface area contributed by atoms with Gasteiger partial charge in [-0.2, -0.15) is 0 Å². The number of ether oxygens (including phenoxy) is 1. The third kappa shape index (κ3) is 2.65. The minimum Gasteiger partial charge on any atom is -0.381 e. The van der Waals surface area contributed by atoms with Gasteiger partial charge in [0.25, 0.3) is 0 Å². The number of amides is 1. The number of carbonyl (C=O) groups excluding carboxylic acids is 1. The lowest BCUT2D eigenvalue weighted by Gasteiger charge is -2.29. The summed E-state index contributed by atoms with van der Waals surface area (Å²) in [5.41, 5.74) is 2.94. The molecular formula is C18H22N6O2. The van der Waals surface area contributed by atoms with Crippen molar-refractivity contribution in [3.8, 4) is 0 Å². The number of aromatic nitrogens is 4. The van der Waals surface area contributed by atoms with Crippen molar-refractivity contribution in [1.82, 2.24) is 29.7 Å². The molecule has 5 heterocycles. The smallest absolute Gasteiger partial charge is 0.234 e. The quantitative estimate of drug-likeness (QED) is 0.738. The van der Waals surface area contributed by atoms with Gasteiger partial charge in [-0.1, -0.05) is 0 Å². The Labute approximate surface area is 150 Å². The van der Waals surface area contributed by atoms with Crippen molar-refractivity contribution in [2.75, 3.05) is 32.8 Å². The molecule has 26 heavy (non-hydrogen) atoms. The number of carbonyl (C=O) groups is 1. The average molecular weight is 354 g/mol. The Balaban J connectivity index is 1.62. The second kappa shape index (κ2) is 6.37. The van der Waals surface area contributed by atoms with Crippen LogP contribution in [0.5, 0.6) is 0 Å². The lowest BCUT2D eigenvalue weighted by molar-refractivity contribution is -0.124. The highest BCUT2D eigenvalue weighted by molar-refractivity contribution is 6.01. The predicted octanol–water partition coefficient (Wildman–Crippen LogP) is 1.20. The van der Waals surface area contributed by atoms with E-state index in [0.29, 0.717) is 25.7 Å². The highest BCUT2D eigenvalue weighted by Gasteiger charge is 2.26. The SMILES string of the molecule is O=C1CN(Cc2nc3cnc4[nH]ccc4c3n2C2CCOCC2)CCN1. The van der Waals surface area contributed by atoms with E-state index in [1.54, 1.807) is 0 Å². The van der Waals surface area contributed by atoms with Crippen LogP contribution in [0, 0.1) is 0 Å². The first-order valence-corrected chi connectivity index (χ1v) is 9.19. The molecule has 2 aliphatic rings. The van der Waals surface area contributed by atoms with Gasteiger partial charge in [-0.3, -0.25) is 9.69 Å². The van der Waals surface area contributed by atoms with Crippen LogP contribution < -0.4 is 5.32 Å². The van der Waals surface area contributed by atoms with E-state index < -0.39 is 0 Å². The average Bonchev–Trinajstić information content (AvgIpc) is 3.26. The number of nitrogens with zero attached hydrogens (tertiary/aromatic N) is 4. The number of piperazine rings is 1. The summed E-state index contributed by atoms with van der Waals surface area (Å²) >= 11 is 0. The monoisotopic (exact) mass is 354 g/mol. The summed E-state index contributed by atoms with van der Waals surface area (Å²) in [5, 5.41) is 3.99. The Kier molecular flexibility index (Phi) is 3.86. The summed E-state index contributed by atoms with van der Waals surface area (Å²) in [6, 6.07) is 2.43. The number of imidazole rings is 1. The van der Waals surface area contributed by atoms with Gasteiger partial charge in [-0.15, -0.1) is 0 Å². The van der Waals surface area contributed by atoms with Gasteiger partial charge in [0.05, 0.1) is 24.8 Å². The molecule has 0 aliphatic carbocycles. The Morgan fingerprint density at radius 1 is 1.31 bits per heavy atom. The van der Waals surface area contributed by atoms with Gasteiger partial charge in [-0.25, -0.2) is 9.97 Å². The zero-order valence-electron chi connectivity index (χ0n) is 14.6. The number of pyridine rings is 1. The fourth-order valence-electron chi connectivity index (χ4n) is 4.11. The standard InChI is InChI=1S/C18H22N6O2/c25-16-11-23(6-5-19-16)10-15-22-14-9-21-18-13(1-4-20-18)17(14)24(15)12-2-7-26-8-3-12/h1,4,9,12H,2-3,5-8,10-11H2,(H,19,25)(H,20,21). The van der Waals surface area contributed by atoms with Crippen molar-refractivity contribution >= 4 is 28.0 Å². The maximum Gasteiger partial charge on any atom is 0.234 e. The van der Waals surface area contributed by atoms with Crippen LogP contribution in [0.1, 0.15) is 24.7 Å². The molecule has 8 heteroatoms. The van der Waals surface area contributed by atoms with E-state index in [1.807, 2.05) is 12.4 Å². The Morgan fingerprint density at radius 2 is 2.19 bits per heavy atom. The molecule has 0 radical (unpaired) electrons. The largest absolute Gasteiger partial charge is 0.381 e. The fraction of sp³-hybridized carbons (Fsp3) is 0.500. The minimum atomic E-state index is 0.0830. The van der Waals surface area contributed by atoms with Crippen molar-refractivity contribution in [2.45, 2.75) is 25.4 Å².